The van der Waals surface area contributed by atoms with E-state index in [0.717, 1.165) is 12.0 Å². The van der Waals surface area contributed by atoms with E-state index in [0.29, 0.717) is 0 Å². The van der Waals surface area contributed by atoms with Gasteiger partial charge in [-0.1, -0.05) is 24.3 Å². The van der Waals surface area contributed by atoms with Gasteiger partial charge < -0.3 is 0 Å². The van der Waals surface area contributed by atoms with E-state index >= 15 is 0 Å². The van der Waals surface area contributed by atoms with Crippen molar-refractivity contribution in [2.45, 2.75) is 6.42 Å². The molecule has 0 N–H and O–H groups in total. The van der Waals surface area contributed by atoms with E-state index < -0.39 is 0 Å². The van der Waals surface area contributed by atoms with Crippen molar-refractivity contribution in [3.8, 4) is 0 Å². The summed E-state index contributed by atoms with van der Waals surface area (Å²) in [6, 6.07) is 6.57. The summed E-state index contributed by atoms with van der Waals surface area (Å²) in [5.74, 6) is -0.181. The van der Waals surface area contributed by atoms with Crippen LogP contribution < -0.4 is 0 Å². The second kappa shape index (κ2) is 3.91. The Morgan fingerprint density at radius 3 is 2.91 bits per heavy atom. The lowest BCUT2D eigenvalue weighted by molar-refractivity contribution is 0.626. The summed E-state index contributed by atoms with van der Waals surface area (Å²) in [5, 5.41) is 0. The van der Waals surface area contributed by atoms with Crippen LogP contribution in [0.4, 0.5) is 4.39 Å². The first-order chi connectivity index (χ1) is 5.33. The first-order valence-electron chi connectivity index (χ1n) is 3.51. The van der Waals surface area contributed by atoms with Crippen molar-refractivity contribution in [1.82, 2.24) is 0 Å². The summed E-state index contributed by atoms with van der Waals surface area (Å²) in [5.41, 5.74) is 0.977. The van der Waals surface area contributed by atoms with Crippen molar-refractivity contribution in [2.24, 2.45) is 0 Å². The normalized spacial score (nSPS) is 10.7. The number of hydrogen-bond donors (Lipinski definition) is 0. The Hall–Kier alpha value is -1.11. The first kappa shape index (κ1) is 7.99. The standard InChI is InChI=1S/C10H10F/c1-2-3-5-9-6-4-7-10(11)8-9/h2-4,6-8H,1,5H2/b3-2+. The number of allylic oxidation sites excluding steroid dienone is 2. The Morgan fingerprint density at radius 1 is 1.45 bits per heavy atom. The Kier molecular flexibility index (Phi) is 2.84. The molecule has 1 heteroatoms. The lowest BCUT2D eigenvalue weighted by Crippen LogP contribution is -1.81. The summed E-state index contributed by atoms with van der Waals surface area (Å²) >= 11 is 0. The molecule has 1 rings (SSSR count). The summed E-state index contributed by atoms with van der Waals surface area (Å²) < 4.78 is 12.6. The summed E-state index contributed by atoms with van der Waals surface area (Å²) in [7, 11) is 0. The van der Waals surface area contributed by atoms with Gasteiger partial charge in [-0.2, -0.15) is 0 Å². The molecule has 0 spiro atoms. The van der Waals surface area contributed by atoms with Gasteiger partial charge in [-0.25, -0.2) is 4.39 Å². The molecule has 0 aliphatic heterocycles. The molecule has 11 heavy (non-hydrogen) atoms. The van der Waals surface area contributed by atoms with Gasteiger partial charge in [0.05, 0.1) is 0 Å². The molecule has 0 saturated carbocycles. The van der Waals surface area contributed by atoms with E-state index in [2.05, 4.69) is 6.92 Å². The topological polar surface area (TPSA) is 0 Å². The molecule has 1 aromatic carbocycles. The Balaban J connectivity index is 2.71. The van der Waals surface area contributed by atoms with Gasteiger partial charge in [0, 0.05) is 0 Å². The van der Waals surface area contributed by atoms with Crippen LogP contribution in [0.15, 0.2) is 36.4 Å². The maximum atomic E-state index is 12.6. The van der Waals surface area contributed by atoms with Crippen LogP contribution in [0, 0.1) is 12.7 Å². The maximum Gasteiger partial charge on any atom is 0.123 e. The van der Waals surface area contributed by atoms with Crippen LogP contribution in [0.1, 0.15) is 5.56 Å². The highest BCUT2D eigenvalue weighted by atomic mass is 19.1. The largest absolute Gasteiger partial charge is 0.207 e. The zero-order valence-electron chi connectivity index (χ0n) is 6.26. The monoisotopic (exact) mass is 149 g/mol. The minimum atomic E-state index is -0.181. The fourth-order valence-electron chi connectivity index (χ4n) is 0.883. The Morgan fingerprint density at radius 2 is 2.27 bits per heavy atom. The molecule has 0 unspecified atom stereocenters. The molecule has 0 saturated heterocycles. The molecule has 0 heterocycles. The second-order valence-electron chi connectivity index (χ2n) is 2.31. The van der Waals surface area contributed by atoms with E-state index in [1.807, 2.05) is 12.1 Å². The Bertz CT molecular complexity index is 251. The fraction of sp³-hybridized carbons (Fsp3) is 0.100. The lowest BCUT2D eigenvalue weighted by Gasteiger charge is -1.94. The molecule has 0 aromatic heterocycles. The van der Waals surface area contributed by atoms with Crippen LogP contribution in [0.2, 0.25) is 0 Å². The van der Waals surface area contributed by atoms with Crippen LogP contribution in [0.3, 0.4) is 0 Å². The molecular weight excluding hydrogens is 139 g/mol. The number of rotatable bonds is 2. The van der Waals surface area contributed by atoms with E-state index in [1.165, 1.54) is 12.1 Å². The molecular formula is C10H10F. The van der Waals surface area contributed by atoms with Gasteiger partial charge in [-0.15, -0.1) is 0 Å². The predicted molar refractivity (Wildman–Crippen MR) is 44.6 cm³/mol. The van der Waals surface area contributed by atoms with Crippen molar-refractivity contribution in [2.75, 3.05) is 0 Å². The molecule has 57 valence electrons. The highest BCUT2D eigenvalue weighted by molar-refractivity contribution is 5.18. The number of hydrogen-bond acceptors (Lipinski definition) is 0. The van der Waals surface area contributed by atoms with Gasteiger partial charge in [-0.3, -0.25) is 0 Å². The molecule has 0 atom stereocenters. The molecule has 0 fully saturated rings. The third kappa shape index (κ3) is 2.54. The highest BCUT2D eigenvalue weighted by Gasteiger charge is 1.90. The predicted octanol–water partition coefficient (Wildman–Crippen LogP) is 2.76. The molecule has 0 aliphatic carbocycles. The van der Waals surface area contributed by atoms with Crippen LogP contribution in [0.5, 0.6) is 0 Å². The molecule has 0 aliphatic rings. The first-order valence-corrected chi connectivity index (χ1v) is 3.51. The average molecular weight is 149 g/mol. The van der Waals surface area contributed by atoms with Crippen molar-refractivity contribution in [3.05, 3.63) is 54.7 Å². The lowest BCUT2D eigenvalue weighted by atomic mass is 10.1. The van der Waals surface area contributed by atoms with Gasteiger partial charge in [0.1, 0.15) is 5.82 Å². The SMILES string of the molecule is [CH2]/C=C/Cc1cccc(F)c1. The third-order valence-electron chi connectivity index (χ3n) is 1.41. The van der Waals surface area contributed by atoms with Crippen LogP contribution in [0.25, 0.3) is 0 Å². The fourth-order valence-corrected chi connectivity index (χ4v) is 0.883. The zero-order valence-corrected chi connectivity index (χ0v) is 6.26. The summed E-state index contributed by atoms with van der Waals surface area (Å²) in [6.07, 6.45) is 4.36. The van der Waals surface area contributed by atoms with E-state index in [9.17, 15) is 4.39 Å². The molecule has 0 bridgehead atoms. The second-order valence-corrected chi connectivity index (χ2v) is 2.31. The number of benzene rings is 1. The van der Waals surface area contributed by atoms with Gasteiger partial charge in [-0.05, 0) is 31.0 Å². The van der Waals surface area contributed by atoms with Crippen molar-refractivity contribution in [1.29, 1.82) is 0 Å². The van der Waals surface area contributed by atoms with Crippen LogP contribution in [-0.4, -0.2) is 0 Å². The Labute approximate surface area is 66.4 Å². The van der Waals surface area contributed by atoms with Gasteiger partial charge >= 0.3 is 0 Å². The van der Waals surface area contributed by atoms with Gasteiger partial charge in [0.15, 0.2) is 0 Å². The number of halogens is 1. The van der Waals surface area contributed by atoms with Crippen LogP contribution >= 0.6 is 0 Å². The van der Waals surface area contributed by atoms with Crippen LogP contribution in [-0.2, 0) is 6.42 Å². The van der Waals surface area contributed by atoms with Gasteiger partial charge in [0.2, 0.25) is 0 Å². The highest BCUT2D eigenvalue weighted by Crippen LogP contribution is 2.04. The van der Waals surface area contributed by atoms with Crippen molar-refractivity contribution in [3.63, 3.8) is 0 Å². The minimum Gasteiger partial charge on any atom is -0.207 e. The third-order valence-corrected chi connectivity index (χ3v) is 1.41. The molecule has 0 nitrogen and oxygen atoms in total. The van der Waals surface area contributed by atoms with Crippen molar-refractivity contribution >= 4 is 0 Å². The molecule has 1 radical (unpaired) electrons. The summed E-state index contributed by atoms with van der Waals surface area (Å²) in [6.45, 7) is 3.55. The zero-order chi connectivity index (χ0) is 8.10. The van der Waals surface area contributed by atoms with Gasteiger partial charge in [0.25, 0.3) is 0 Å². The van der Waals surface area contributed by atoms with E-state index in [-0.39, 0.29) is 5.82 Å². The summed E-state index contributed by atoms with van der Waals surface area (Å²) in [4.78, 5) is 0. The van der Waals surface area contributed by atoms with E-state index in [1.54, 1.807) is 12.1 Å². The maximum absolute atomic E-state index is 12.6. The van der Waals surface area contributed by atoms with Crippen molar-refractivity contribution < 1.29 is 4.39 Å². The smallest absolute Gasteiger partial charge is 0.123 e. The average Bonchev–Trinajstić information content (AvgIpc) is 2.01. The quantitative estimate of drug-likeness (QED) is 0.606. The molecule has 0 amide bonds. The molecule has 1 aromatic rings. The van der Waals surface area contributed by atoms with E-state index in [4.69, 9.17) is 0 Å². The minimum absolute atomic E-state index is 0.181.